The average molecular weight is 239 g/mol. The summed E-state index contributed by atoms with van der Waals surface area (Å²) in [6.07, 6.45) is 3.01. The number of nitrogens with zero attached hydrogens (tertiary/aromatic N) is 1. The lowest BCUT2D eigenvalue weighted by molar-refractivity contribution is -0.119. The minimum absolute atomic E-state index is 0.212. The number of rotatable bonds is 5. The summed E-state index contributed by atoms with van der Waals surface area (Å²) in [5.74, 6) is 0.998. The molecule has 2 aliphatic rings. The van der Waals surface area contributed by atoms with Crippen LogP contribution in [0, 0.1) is 5.92 Å². The van der Waals surface area contributed by atoms with Gasteiger partial charge in [-0.3, -0.25) is 4.79 Å². The molecule has 4 heteroatoms. The van der Waals surface area contributed by atoms with Crippen molar-refractivity contribution in [3.8, 4) is 0 Å². The summed E-state index contributed by atoms with van der Waals surface area (Å²) in [4.78, 5) is 13.6. The van der Waals surface area contributed by atoms with Gasteiger partial charge in [0.25, 0.3) is 0 Å². The first-order valence-corrected chi connectivity index (χ1v) is 6.89. The molecule has 98 valence electrons. The number of likely N-dealkylation sites (tertiary alicyclic amines) is 1. The van der Waals surface area contributed by atoms with Crippen molar-refractivity contribution >= 4 is 5.91 Å². The van der Waals surface area contributed by atoms with Crippen LogP contribution in [-0.4, -0.2) is 49.1 Å². The lowest BCUT2D eigenvalue weighted by atomic mass is 10.1. The molecule has 0 saturated carbocycles. The molecular weight excluding hydrogens is 214 g/mol. The molecule has 0 radical (unpaired) electrons. The monoisotopic (exact) mass is 239 g/mol. The summed E-state index contributed by atoms with van der Waals surface area (Å²) in [6, 6.07) is 1.04. The van der Waals surface area contributed by atoms with Crippen molar-refractivity contribution in [2.75, 3.05) is 26.2 Å². The molecule has 2 unspecified atom stereocenters. The average Bonchev–Trinajstić information content (AvgIpc) is 2.88. The molecule has 0 spiro atoms. The van der Waals surface area contributed by atoms with E-state index in [1.54, 1.807) is 0 Å². The predicted octanol–water partition coefficient (Wildman–Crippen LogP) is 0.585. The lowest BCUT2D eigenvalue weighted by Gasteiger charge is -2.20. The Kier molecular flexibility index (Phi) is 4.40. The number of hydrogen-bond acceptors (Lipinski definition) is 3. The molecule has 0 bridgehead atoms. The largest absolute Gasteiger partial charge is 0.352 e. The first-order chi connectivity index (χ1) is 8.15. The number of hydrogen-bond donors (Lipinski definition) is 2. The van der Waals surface area contributed by atoms with Gasteiger partial charge in [-0.25, -0.2) is 0 Å². The Morgan fingerprint density at radius 1 is 1.41 bits per heavy atom. The van der Waals surface area contributed by atoms with Crippen LogP contribution in [-0.2, 0) is 4.79 Å². The second-order valence-corrected chi connectivity index (χ2v) is 5.70. The zero-order valence-electron chi connectivity index (χ0n) is 11.0. The Balaban J connectivity index is 1.58. The van der Waals surface area contributed by atoms with E-state index < -0.39 is 0 Å². The van der Waals surface area contributed by atoms with Crippen molar-refractivity contribution in [3.05, 3.63) is 0 Å². The van der Waals surface area contributed by atoms with Crippen molar-refractivity contribution in [3.63, 3.8) is 0 Å². The Bertz CT molecular complexity index is 267. The van der Waals surface area contributed by atoms with Gasteiger partial charge in [-0.15, -0.1) is 0 Å². The lowest BCUT2D eigenvalue weighted by Crippen LogP contribution is -2.38. The summed E-state index contributed by atoms with van der Waals surface area (Å²) in [5.41, 5.74) is 0. The maximum absolute atomic E-state index is 11.0. The highest BCUT2D eigenvalue weighted by atomic mass is 16.1. The zero-order chi connectivity index (χ0) is 12.3. The highest BCUT2D eigenvalue weighted by Crippen LogP contribution is 2.17. The standard InChI is InChI=1S/C13H25N3O/c1-10(2)16-6-5-11(9-16)7-14-8-12-3-4-13(17)15-12/h10-12,14H,3-9H2,1-2H3,(H,15,17). The molecule has 0 aliphatic carbocycles. The van der Waals surface area contributed by atoms with E-state index in [9.17, 15) is 4.79 Å². The molecule has 4 nitrogen and oxygen atoms in total. The van der Waals surface area contributed by atoms with Gasteiger partial charge in [0, 0.05) is 31.6 Å². The van der Waals surface area contributed by atoms with Crippen LogP contribution in [0.15, 0.2) is 0 Å². The molecule has 0 aromatic rings. The highest BCUT2D eigenvalue weighted by Gasteiger charge is 2.25. The van der Waals surface area contributed by atoms with Crippen LogP contribution in [0.2, 0.25) is 0 Å². The normalized spacial score (nSPS) is 30.2. The molecule has 17 heavy (non-hydrogen) atoms. The van der Waals surface area contributed by atoms with Gasteiger partial charge in [0.05, 0.1) is 0 Å². The minimum Gasteiger partial charge on any atom is -0.352 e. The van der Waals surface area contributed by atoms with Crippen LogP contribution in [0.3, 0.4) is 0 Å². The Labute approximate surface area is 104 Å². The van der Waals surface area contributed by atoms with Crippen LogP contribution in [0.1, 0.15) is 33.1 Å². The Hall–Kier alpha value is -0.610. The fourth-order valence-corrected chi connectivity index (χ4v) is 2.79. The second-order valence-electron chi connectivity index (χ2n) is 5.70. The van der Waals surface area contributed by atoms with E-state index in [1.165, 1.54) is 19.5 Å². The SMILES string of the molecule is CC(C)N1CCC(CNCC2CCC(=O)N2)C1. The summed E-state index contributed by atoms with van der Waals surface area (Å²) >= 11 is 0. The summed E-state index contributed by atoms with van der Waals surface area (Å²) in [5, 5.41) is 6.50. The van der Waals surface area contributed by atoms with Crippen molar-refractivity contribution in [1.29, 1.82) is 0 Å². The second kappa shape index (κ2) is 5.83. The van der Waals surface area contributed by atoms with Crippen LogP contribution in [0.25, 0.3) is 0 Å². The van der Waals surface area contributed by atoms with Gasteiger partial charge in [-0.05, 0) is 45.7 Å². The molecule has 2 saturated heterocycles. The molecule has 2 heterocycles. The van der Waals surface area contributed by atoms with Crippen molar-refractivity contribution in [2.24, 2.45) is 5.92 Å². The van der Waals surface area contributed by atoms with Gasteiger partial charge >= 0.3 is 0 Å². The molecule has 1 amide bonds. The summed E-state index contributed by atoms with van der Waals surface area (Å²) in [7, 11) is 0. The van der Waals surface area contributed by atoms with Crippen molar-refractivity contribution in [2.45, 2.75) is 45.2 Å². The van der Waals surface area contributed by atoms with E-state index in [1.807, 2.05) is 0 Å². The molecule has 2 N–H and O–H groups in total. The van der Waals surface area contributed by atoms with Crippen LogP contribution < -0.4 is 10.6 Å². The van der Waals surface area contributed by atoms with Gasteiger partial charge in [0.15, 0.2) is 0 Å². The molecule has 0 aromatic heterocycles. The maximum atomic E-state index is 11.0. The third-order valence-electron chi connectivity index (χ3n) is 3.96. The van der Waals surface area contributed by atoms with Crippen LogP contribution in [0.4, 0.5) is 0 Å². The van der Waals surface area contributed by atoms with E-state index >= 15 is 0 Å². The summed E-state index contributed by atoms with van der Waals surface area (Å²) in [6.45, 7) is 9.03. The Morgan fingerprint density at radius 2 is 2.24 bits per heavy atom. The van der Waals surface area contributed by atoms with Gasteiger partial charge in [0.1, 0.15) is 0 Å². The van der Waals surface area contributed by atoms with E-state index in [0.29, 0.717) is 18.5 Å². The van der Waals surface area contributed by atoms with Gasteiger partial charge < -0.3 is 15.5 Å². The summed E-state index contributed by atoms with van der Waals surface area (Å²) < 4.78 is 0. The number of nitrogens with one attached hydrogen (secondary N) is 2. The highest BCUT2D eigenvalue weighted by molar-refractivity contribution is 5.78. The third kappa shape index (κ3) is 3.68. The van der Waals surface area contributed by atoms with E-state index in [2.05, 4.69) is 29.4 Å². The first kappa shape index (κ1) is 12.8. The molecular formula is C13H25N3O. The fourth-order valence-electron chi connectivity index (χ4n) is 2.79. The molecule has 2 atom stereocenters. The molecule has 0 aromatic carbocycles. The third-order valence-corrected chi connectivity index (χ3v) is 3.96. The quantitative estimate of drug-likeness (QED) is 0.738. The maximum Gasteiger partial charge on any atom is 0.220 e. The number of carbonyl (C=O) groups excluding carboxylic acids is 1. The van der Waals surface area contributed by atoms with Gasteiger partial charge in [0.2, 0.25) is 5.91 Å². The van der Waals surface area contributed by atoms with Crippen molar-refractivity contribution < 1.29 is 4.79 Å². The zero-order valence-corrected chi connectivity index (χ0v) is 11.0. The topological polar surface area (TPSA) is 44.4 Å². The molecule has 2 fully saturated rings. The molecule has 2 aliphatic heterocycles. The van der Waals surface area contributed by atoms with Crippen molar-refractivity contribution in [1.82, 2.24) is 15.5 Å². The van der Waals surface area contributed by atoms with Gasteiger partial charge in [-0.1, -0.05) is 0 Å². The van der Waals surface area contributed by atoms with Crippen LogP contribution >= 0.6 is 0 Å². The van der Waals surface area contributed by atoms with E-state index in [-0.39, 0.29) is 5.91 Å². The Morgan fingerprint density at radius 3 is 2.82 bits per heavy atom. The minimum atomic E-state index is 0.212. The van der Waals surface area contributed by atoms with Crippen LogP contribution in [0.5, 0.6) is 0 Å². The fraction of sp³-hybridized carbons (Fsp3) is 0.923. The molecule has 2 rings (SSSR count). The number of carbonyl (C=O) groups is 1. The number of amides is 1. The van der Waals surface area contributed by atoms with E-state index in [0.717, 1.165) is 25.4 Å². The smallest absolute Gasteiger partial charge is 0.220 e. The first-order valence-electron chi connectivity index (χ1n) is 6.89. The van der Waals surface area contributed by atoms with E-state index in [4.69, 9.17) is 0 Å². The van der Waals surface area contributed by atoms with Gasteiger partial charge in [-0.2, -0.15) is 0 Å². The predicted molar refractivity (Wildman–Crippen MR) is 68.9 cm³/mol.